The van der Waals surface area contributed by atoms with Crippen molar-refractivity contribution in [3.8, 4) is 0 Å². The average Bonchev–Trinajstić information content (AvgIpc) is 2.60. The van der Waals surface area contributed by atoms with Crippen molar-refractivity contribution in [3.63, 3.8) is 0 Å². The Morgan fingerprint density at radius 1 is 1.46 bits per heavy atom. The first-order valence-corrected chi connectivity index (χ1v) is 4.45. The van der Waals surface area contributed by atoms with E-state index >= 15 is 0 Å². The third-order valence-corrected chi connectivity index (χ3v) is 2.30. The summed E-state index contributed by atoms with van der Waals surface area (Å²) in [7, 11) is 0. The van der Waals surface area contributed by atoms with Crippen LogP contribution < -0.4 is 0 Å². The van der Waals surface area contributed by atoms with Crippen molar-refractivity contribution < 1.29 is 0 Å². The number of nitrogens with zero attached hydrogens (tertiary/aromatic N) is 4. The highest BCUT2D eigenvalue weighted by atomic mass is 15.1. The van der Waals surface area contributed by atoms with Gasteiger partial charge in [0, 0.05) is 6.04 Å². The fourth-order valence-corrected chi connectivity index (χ4v) is 1.30. The smallest absolute Gasteiger partial charge is 0.163 e. The highest BCUT2D eigenvalue weighted by molar-refractivity contribution is 5.68. The van der Waals surface area contributed by atoms with Crippen molar-refractivity contribution in [3.05, 3.63) is 18.9 Å². The molecule has 0 aliphatic rings. The Morgan fingerprint density at radius 2 is 2.31 bits per heavy atom. The van der Waals surface area contributed by atoms with Crippen LogP contribution in [0.2, 0.25) is 0 Å². The Hall–Kier alpha value is -1.45. The summed E-state index contributed by atoms with van der Waals surface area (Å²) in [6.45, 7) is 4.31. The molecular weight excluding hydrogens is 164 g/mol. The molecule has 0 bridgehead atoms. The fraction of sp³-hybridized carbons (Fsp3) is 0.444. The van der Waals surface area contributed by atoms with Crippen molar-refractivity contribution >= 4 is 11.2 Å². The lowest BCUT2D eigenvalue weighted by Gasteiger charge is -2.09. The van der Waals surface area contributed by atoms with Crippen LogP contribution in [0, 0.1) is 0 Å². The molecule has 0 amide bonds. The number of imidazole rings is 1. The summed E-state index contributed by atoms with van der Waals surface area (Å²) >= 11 is 0. The fourth-order valence-electron chi connectivity index (χ4n) is 1.30. The zero-order valence-corrected chi connectivity index (χ0v) is 7.81. The van der Waals surface area contributed by atoms with Crippen molar-refractivity contribution in [2.24, 2.45) is 0 Å². The Bertz CT molecular complexity index is 407. The molecule has 0 saturated heterocycles. The molecule has 0 aliphatic heterocycles. The maximum Gasteiger partial charge on any atom is 0.163 e. The van der Waals surface area contributed by atoms with Crippen LogP contribution in [0.25, 0.3) is 11.2 Å². The minimum absolute atomic E-state index is 0.444. The van der Waals surface area contributed by atoms with Gasteiger partial charge in [-0.25, -0.2) is 15.0 Å². The largest absolute Gasteiger partial charge is 0.312 e. The number of hydrogen-bond acceptors (Lipinski definition) is 3. The summed E-state index contributed by atoms with van der Waals surface area (Å²) in [6, 6.07) is 0.444. The summed E-state index contributed by atoms with van der Waals surface area (Å²) in [6.07, 6.45) is 6.20. The third-order valence-electron chi connectivity index (χ3n) is 2.30. The standard InChI is InChI=1S/C9H12N4/c1-3-7(2)13-6-12-8-4-10-5-11-9(8)13/h4-7H,3H2,1-2H3. The van der Waals surface area contributed by atoms with Crippen LogP contribution in [-0.2, 0) is 0 Å². The van der Waals surface area contributed by atoms with E-state index in [0.29, 0.717) is 6.04 Å². The summed E-state index contributed by atoms with van der Waals surface area (Å²) in [5, 5.41) is 0. The summed E-state index contributed by atoms with van der Waals surface area (Å²) in [4.78, 5) is 12.3. The van der Waals surface area contributed by atoms with E-state index in [1.54, 1.807) is 12.5 Å². The van der Waals surface area contributed by atoms with E-state index in [1.807, 2.05) is 6.33 Å². The van der Waals surface area contributed by atoms with Gasteiger partial charge in [-0.2, -0.15) is 0 Å². The molecule has 2 rings (SSSR count). The van der Waals surface area contributed by atoms with Crippen molar-refractivity contribution in [1.29, 1.82) is 0 Å². The van der Waals surface area contributed by atoms with Crippen molar-refractivity contribution in [2.45, 2.75) is 26.3 Å². The molecule has 2 aromatic heterocycles. The minimum Gasteiger partial charge on any atom is -0.312 e. The van der Waals surface area contributed by atoms with Gasteiger partial charge in [-0.1, -0.05) is 6.92 Å². The second-order valence-electron chi connectivity index (χ2n) is 3.14. The molecule has 1 atom stereocenters. The van der Waals surface area contributed by atoms with Gasteiger partial charge in [0.1, 0.15) is 11.8 Å². The summed E-state index contributed by atoms with van der Waals surface area (Å²) in [5.74, 6) is 0. The molecule has 0 radical (unpaired) electrons. The highest BCUT2D eigenvalue weighted by Crippen LogP contribution is 2.15. The minimum atomic E-state index is 0.444. The Morgan fingerprint density at radius 3 is 3.08 bits per heavy atom. The number of aromatic nitrogens is 4. The van der Waals surface area contributed by atoms with Crippen LogP contribution in [0.1, 0.15) is 26.3 Å². The quantitative estimate of drug-likeness (QED) is 0.700. The Kier molecular flexibility index (Phi) is 1.96. The van der Waals surface area contributed by atoms with Gasteiger partial charge in [0.25, 0.3) is 0 Å². The van der Waals surface area contributed by atoms with Crippen LogP contribution in [0.15, 0.2) is 18.9 Å². The second-order valence-corrected chi connectivity index (χ2v) is 3.14. The normalized spacial score (nSPS) is 13.4. The molecule has 0 saturated carbocycles. The lowest BCUT2D eigenvalue weighted by molar-refractivity contribution is 0.541. The van der Waals surface area contributed by atoms with Gasteiger partial charge in [0.15, 0.2) is 5.65 Å². The van der Waals surface area contributed by atoms with Gasteiger partial charge in [-0.05, 0) is 13.3 Å². The first-order valence-electron chi connectivity index (χ1n) is 4.45. The molecule has 4 heteroatoms. The average molecular weight is 176 g/mol. The van der Waals surface area contributed by atoms with E-state index in [4.69, 9.17) is 0 Å². The molecule has 4 nitrogen and oxygen atoms in total. The maximum atomic E-state index is 4.23. The number of fused-ring (bicyclic) bond motifs is 1. The van der Waals surface area contributed by atoms with Gasteiger partial charge in [-0.15, -0.1) is 0 Å². The van der Waals surface area contributed by atoms with Crippen LogP contribution >= 0.6 is 0 Å². The second kappa shape index (κ2) is 3.12. The SMILES string of the molecule is CCC(C)n1cnc2cncnc21. The van der Waals surface area contributed by atoms with Crippen LogP contribution in [0.3, 0.4) is 0 Å². The summed E-state index contributed by atoms with van der Waals surface area (Å²) < 4.78 is 2.08. The number of rotatable bonds is 2. The molecule has 0 aliphatic carbocycles. The molecule has 0 fully saturated rings. The number of hydrogen-bond donors (Lipinski definition) is 0. The lowest BCUT2D eigenvalue weighted by atomic mass is 10.2. The van der Waals surface area contributed by atoms with Crippen LogP contribution in [-0.4, -0.2) is 19.5 Å². The molecule has 0 N–H and O–H groups in total. The summed E-state index contributed by atoms with van der Waals surface area (Å²) in [5.41, 5.74) is 1.78. The molecule has 0 spiro atoms. The van der Waals surface area contributed by atoms with Gasteiger partial charge in [-0.3, -0.25) is 0 Å². The maximum absolute atomic E-state index is 4.23. The Balaban J connectivity index is 2.57. The van der Waals surface area contributed by atoms with Gasteiger partial charge >= 0.3 is 0 Å². The lowest BCUT2D eigenvalue weighted by Crippen LogP contribution is -2.02. The molecule has 13 heavy (non-hydrogen) atoms. The van der Waals surface area contributed by atoms with Crippen molar-refractivity contribution in [1.82, 2.24) is 19.5 Å². The first kappa shape index (κ1) is 8.16. The van der Waals surface area contributed by atoms with Crippen LogP contribution in [0.4, 0.5) is 0 Å². The van der Waals surface area contributed by atoms with Crippen LogP contribution in [0.5, 0.6) is 0 Å². The molecule has 0 aromatic carbocycles. The predicted octanol–water partition coefficient (Wildman–Crippen LogP) is 1.80. The predicted molar refractivity (Wildman–Crippen MR) is 50.3 cm³/mol. The molecule has 1 unspecified atom stereocenters. The third kappa shape index (κ3) is 1.28. The molecule has 2 aromatic rings. The van der Waals surface area contributed by atoms with E-state index in [9.17, 15) is 0 Å². The van der Waals surface area contributed by atoms with E-state index in [-0.39, 0.29) is 0 Å². The van der Waals surface area contributed by atoms with Gasteiger partial charge in [0.05, 0.1) is 12.5 Å². The van der Waals surface area contributed by atoms with Gasteiger partial charge < -0.3 is 4.57 Å². The zero-order valence-electron chi connectivity index (χ0n) is 7.81. The molecule has 68 valence electrons. The topological polar surface area (TPSA) is 43.6 Å². The highest BCUT2D eigenvalue weighted by Gasteiger charge is 2.07. The van der Waals surface area contributed by atoms with E-state index in [1.165, 1.54) is 0 Å². The van der Waals surface area contributed by atoms with E-state index < -0.39 is 0 Å². The Labute approximate surface area is 76.7 Å². The zero-order chi connectivity index (χ0) is 9.26. The molecular formula is C9H12N4. The van der Waals surface area contributed by atoms with E-state index in [2.05, 4.69) is 33.4 Å². The van der Waals surface area contributed by atoms with Gasteiger partial charge in [0.2, 0.25) is 0 Å². The first-order chi connectivity index (χ1) is 6.33. The monoisotopic (exact) mass is 176 g/mol. The molecule has 2 heterocycles. The van der Waals surface area contributed by atoms with E-state index in [0.717, 1.165) is 17.6 Å². The van der Waals surface area contributed by atoms with Crippen molar-refractivity contribution in [2.75, 3.05) is 0 Å².